The molecule has 0 radical (unpaired) electrons. The molecule has 0 unspecified atom stereocenters. The van der Waals surface area contributed by atoms with E-state index in [1.165, 1.54) is 29.5 Å². The minimum atomic E-state index is -4.70. The molecule has 2 aromatic heterocycles. The molecule has 0 amide bonds. The van der Waals surface area contributed by atoms with E-state index >= 15 is 0 Å². The van der Waals surface area contributed by atoms with Crippen molar-refractivity contribution in [3.05, 3.63) is 55.8 Å². The molecule has 0 bridgehead atoms. The van der Waals surface area contributed by atoms with E-state index in [9.17, 15) is 18.0 Å². The van der Waals surface area contributed by atoms with Crippen LogP contribution in [0, 0.1) is 0 Å². The fourth-order valence-corrected chi connectivity index (χ4v) is 2.88. The summed E-state index contributed by atoms with van der Waals surface area (Å²) in [6.07, 6.45) is -3.08. The number of rotatable bonds is 3. The van der Waals surface area contributed by atoms with Crippen molar-refractivity contribution in [2.45, 2.75) is 12.7 Å². The monoisotopic (exact) mass is 360 g/mol. The van der Waals surface area contributed by atoms with Crippen molar-refractivity contribution in [2.24, 2.45) is 0 Å². The van der Waals surface area contributed by atoms with Crippen LogP contribution in [0.3, 0.4) is 0 Å². The minimum Gasteiger partial charge on any atom is -0.451 e. The van der Waals surface area contributed by atoms with Gasteiger partial charge in [-0.25, -0.2) is 4.98 Å². The summed E-state index contributed by atoms with van der Waals surface area (Å²) >= 11 is 7.03. The van der Waals surface area contributed by atoms with Crippen LogP contribution in [-0.2, 0) is 12.7 Å². The molecule has 3 aromatic rings. The van der Waals surface area contributed by atoms with Gasteiger partial charge >= 0.3 is 6.18 Å². The summed E-state index contributed by atoms with van der Waals surface area (Å²) in [6.45, 7) is 0.432. The number of alkyl halides is 3. The van der Waals surface area contributed by atoms with Gasteiger partial charge in [-0.2, -0.15) is 13.2 Å². The zero-order chi connectivity index (χ0) is 16.6. The van der Waals surface area contributed by atoms with Crippen molar-refractivity contribution in [1.29, 1.82) is 0 Å². The maximum absolute atomic E-state index is 12.6. The highest BCUT2D eigenvalue weighted by Gasteiger charge is 2.34. The van der Waals surface area contributed by atoms with E-state index in [1.54, 1.807) is 6.20 Å². The highest BCUT2D eigenvalue weighted by molar-refractivity contribution is 7.15. The van der Waals surface area contributed by atoms with Gasteiger partial charge in [0.25, 0.3) is 0 Å². The van der Waals surface area contributed by atoms with Gasteiger partial charge in [0.15, 0.2) is 9.90 Å². The summed E-state index contributed by atoms with van der Waals surface area (Å²) in [5.41, 5.74) is -0.284. The zero-order valence-electron chi connectivity index (χ0n) is 11.3. The number of hydrogen-bond acceptors (Lipinski definition) is 5. The van der Waals surface area contributed by atoms with Crippen LogP contribution >= 0.6 is 22.9 Å². The molecule has 1 aromatic carbocycles. The van der Waals surface area contributed by atoms with Crippen molar-refractivity contribution < 1.29 is 17.6 Å². The number of nitrogens with zero attached hydrogens (tertiary/aromatic N) is 1. The number of benzene rings is 1. The molecule has 0 spiro atoms. The second kappa shape index (κ2) is 5.86. The zero-order valence-corrected chi connectivity index (χ0v) is 12.9. The van der Waals surface area contributed by atoms with Crippen LogP contribution in [-0.4, -0.2) is 4.98 Å². The average molecular weight is 361 g/mol. The van der Waals surface area contributed by atoms with Gasteiger partial charge < -0.3 is 9.73 Å². The van der Waals surface area contributed by atoms with Gasteiger partial charge in [0.2, 0.25) is 5.76 Å². The van der Waals surface area contributed by atoms with Gasteiger partial charge in [-0.05, 0) is 18.2 Å². The fraction of sp³-hybridized carbons (Fsp3) is 0.143. The molecule has 120 valence electrons. The van der Waals surface area contributed by atoms with Gasteiger partial charge in [0.05, 0.1) is 11.9 Å². The number of anilines is 1. The minimum absolute atomic E-state index is 0.0744. The van der Waals surface area contributed by atoms with Crippen LogP contribution < -0.4 is 10.7 Å². The van der Waals surface area contributed by atoms with Gasteiger partial charge in [-0.1, -0.05) is 11.6 Å². The summed E-state index contributed by atoms with van der Waals surface area (Å²) in [6, 6.07) is 4.76. The van der Waals surface area contributed by atoms with Crippen molar-refractivity contribution in [1.82, 2.24) is 4.98 Å². The van der Waals surface area contributed by atoms with Crippen molar-refractivity contribution in [3.8, 4) is 0 Å². The summed E-state index contributed by atoms with van der Waals surface area (Å²) < 4.78 is 43.0. The Morgan fingerprint density at radius 2 is 2.09 bits per heavy atom. The third-order valence-corrected chi connectivity index (χ3v) is 4.11. The Morgan fingerprint density at radius 1 is 1.30 bits per heavy atom. The van der Waals surface area contributed by atoms with Crippen LogP contribution in [0.1, 0.15) is 10.6 Å². The molecular formula is C14H8ClF3N2O2S. The smallest absolute Gasteiger partial charge is 0.449 e. The SMILES string of the molecule is O=c1cc(C(F)(F)F)oc2ccc(NCc3cnc(Cl)s3)cc12. The summed E-state index contributed by atoms with van der Waals surface area (Å²) in [5.74, 6) is -1.31. The second-order valence-corrected chi connectivity index (χ2v) is 6.31. The molecule has 2 heterocycles. The van der Waals surface area contributed by atoms with E-state index in [1.807, 2.05) is 0 Å². The van der Waals surface area contributed by atoms with Crippen LogP contribution in [0.4, 0.5) is 18.9 Å². The normalized spacial score (nSPS) is 11.8. The summed E-state index contributed by atoms with van der Waals surface area (Å²) in [4.78, 5) is 16.6. The Labute approximate surface area is 136 Å². The summed E-state index contributed by atoms with van der Waals surface area (Å²) in [7, 11) is 0. The number of hydrogen-bond donors (Lipinski definition) is 1. The standard InChI is InChI=1S/C14H8ClF3N2O2S/c15-13-20-6-8(23-13)5-19-7-1-2-11-9(3-7)10(21)4-12(22-11)14(16,17)18/h1-4,6,19H,5H2. The molecule has 0 aliphatic heterocycles. The number of fused-ring (bicyclic) bond motifs is 1. The molecule has 0 fully saturated rings. The van der Waals surface area contributed by atoms with Crippen molar-refractivity contribution >= 4 is 39.6 Å². The Kier molecular flexibility index (Phi) is 4.03. The Morgan fingerprint density at radius 3 is 2.74 bits per heavy atom. The van der Waals surface area contributed by atoms with Gasteiger partial charge in [0.1, 0.15) is 5.58 Å². The van der Waals surface area contributed by atoms with E-state index in [0.717, 1.165) is 4.88 Å². The van der Waals surface area contributed by atoms with E-state index < -0.39 is 17.4 Å². The third-order valence-electron chi connectivity index (χ3n) is 3.00. The van der Waals surface area contributed by atoms with Crippen LogP contribution in [0.5, 0.6) is 0 Å². The second-order valence-electron chi connectivity index (χ2n) is 4.62. The molecule has 23 heavy (non-hydrogen) atoms. The quantitative estimate of drug-likeness (QED) is 0.745. The lowest BCUT2D eigenvalue weighted by Crippen LogP contribution is -2.11. The maximum atomic E-state index is 12.6. The number of nitrogens with one attached hydrogen (secondary N) is 1. The Bertz CT molecular complexity index is 920. The summed E-state index contributed by atoms with van der Waals surface area (Å²) in [5, 5.41) is 3.12. The van der Waals surface area contributed by atoms with Crippen LogP contribution in [0.2, 0.25) is 4.47 Å². The average Bonchev–Trinajstić information content (AvgIpc) is 2.90. The van der Waals surface area contributed by atoms with Crippen LogP contribution in [0.25, 0.3) is 11.0 Å². The Balaban J connectivity index is 1.90. The first-order valence-electron chi connectivity index (χ1n) is 6.32. The van der Waals surface area contributed by atoms with E-state index in [0.29, 0.717) is 22.8 Å². The number of thiazole rings is 1. The Hall–Kier alpha value is -2.06. The largest absolute Gasteiger partial charge is 0.451 e. The van der Waals surface area contributed by atoms with E-state index in [-0.39, 0.29) is 11.0 Å². The molecule has 0 saturated carbocycles. The van der Waals surface area contributed by atoms with E-state index in [4.69, 9.17) is 16.0 Å². The van der Waals surface area contributed by atoms with Gasteiger partial charge in [-0.3, -0.25) is 4.79 Å². The maximum Gasteiger partial charge on any atom is 0.449 e. The first kappa shape index (κ1) is 15.8. The lowest BCUT2D eigenvalue weighted by atomic mass is 10.2. The van der Waals surface area contributed by atoms with E-state index in [2.05, 4.69) is 10.3 Å². The molecule has 3 rings (SSSR count). The lowest BCUT2D eigenvalue weighted by Gasteiger charge is -2.08. The predicted molar refractivity (Wildman–Crippen MR) is 81.9 cm³/mol. The first-order valence-corrected chi connectivity index (χ1v) is 7.51. The molecule has 0 aliphatic rings. The van der Waals surface area contributed by atoms with Crippen molar-refractivity contribution in [3.63, 3.8) is 0 Å². The molecule has 9 heteroatoms. The molecule has 0 aliphatic carbocycles. The molecular weight excluding hydrogens is 353 g/mol. The molecule has 0 saturated heterocycles. The predicted octanol–water partition coefficient (Wildman–Crippen LogP) is 4.53. The number of aromatic nitrogens is 1. The molecule has 0 atom stereocenters. The number of halogens is 4. The van der Waals surface area contributed by atoms with Crippen molar-refractivity contribution in [2.75, 3.05) is 5.32 Å². The topological polar surface area (TPSA) is 55.1 Å². The lowest BCUT2D eigenvalue weighted by molar-refractivity contribution is -0.152. The van der Waals surface area contributed by atoms with Gasteiger partial charge in [0, 0.05) is 22.8 Å². The highest BCUT2D eigenvalue weighted by Crippen LogP contribution is 2.30. The first-order chi connectivity index (χ1) is 10.8. The highest BCUT2D eigenvalue weighted by atomic mass is 35.5. The molecule has 4 nitrogen and oxygen atoms in total. The molecule has 1 N–H and O–H groups in total. The fourth-order valence-electron chi connectivity index (χ4n) is 1.96. The van der Waals surface area contributed by atoms with Crippen LogP contribution in [0.15, 0.2) is 39.7 Å². The third kappa shape index (κ3) is 3.48. The van der Waals surface area contributed by atoms with Gasteiger partial charge in [-0.15, -0.1) is 11.3 Å².